The highest BCUT2D eigenvalue weighted by molar-refractivity contribution is 5.90. The summed E-state index contributed by atoms with van der Waals surface area (Å²) in [4.78, 5) is 12.5. The molecule has 0 radical (unpaired) electrons. The second-order valence-corrected chi connectivity index (χ2v) is 5.26. The van der Waals surface area contributed by atoms with Crippen molar-refractivity contribution in [1.82, 2.24) is 0 Å². The lowest BCUT2D eigenvalue weighted by Crippen LogP contribution is -2.03. The van der Waals surface area contributed by atoms with Crippen LogP contribution in [0.5, 0.6) is 23.0 Å². The molecule has 2 aromatic carbocycles. The molecule has 0 fully saturated rings. The van der Waals surface area contributed by atoms with Gasteiger partial charge in [0.2, 0.25) is 0 Å². The maximum absolute atomic E-state index is 12.5. The number of methoxy groups -OCH3 is 4. The summed E-state index contributed by atoms with van der Waals surface area (Å²) in [6.45, 7) is 0. The number of benzene rings is 2. The fraction of sp³-hybridized carbons (Fsp3) is 0.211. The van der Waals surface area contributed by atoms with Gasteiger partial charge in [-0.25, -0.2) is 4.79 Å². The quantitative estimate of drug-likeness (QED) is 0.707. The Kier molecular flexibility index (Phi) is 4.52. The van der Waals surface area contributed by atoms with Crippen molar-refractivity contribution in [1.29, 1.82) is 0 Å². The van der Waals surface area contributed by atoms with Gasteiger partial charge in [-0.1, -0.05) is 0 Å². The van der Waals surface area contributed by atoms with Crippen LogP contribution in [-0.4, -0.2) is 28.4 Å². The van der Waals surface area contributed by atoms with Crippen molar-refractivity contribution in [2.24, 2.45) is 0 Å². The van der Waals surface area contributed by atoms with Gasteiger partial charge < -0.3 is 23.4 Å². The zero-order valence-electron chi connectivity index (χ0n) is 14.4. The Labute approximate surface area is 144 Å². The lowest BCUT2D eigenvalue weighted by molar-refractivity contribution is 0.355. The van der Waals surface area contributed by atoms with Crippen LogP contribution in [-0.2, 0) is 0 Å². The molecule has 1 heterocycles. The molecule has 0 amide bonds. The van der Waals surface area contributed by atoms with E-state index in [1.807, 2.05) is 0 Å². The fourth-order valence-electron chi connectivity index (χ4n) is 2.68. The Morgan fingerprint density at radius 2 is 1.48 bits per heavy atom. The first-order valence-electron chi connectivity index (χ1n) is 7.53. The van der Waals surface area contributed by atoms with E-state index in [1.54, 1.807) is 57.7 Å². The predicted molar refractivity (Wildman–Crippen MR) is 94.1 cm³/mol. The molecule has 0 aliphatic carbocycles. The summed E-state index contributed by atoms with van der Waals surface area (Å²) in [5.74, 6) is 2.55. The minimum atomic E-state index is -0.484. The Morgan fingerprint density at radius 1 is 0.760 bits per heavy atom. The summed E-state index contributed by atoms with van der Waals surface area (Å²) in [7, 11) is 6.16. The second-order valence-electron chi connectivity index (χ2n) is 5.26. The number of hydrogen-bond acceptors (Lipinski definition) is 6. The molecule has 0 spiro atoms. The van der Waals surface area contributed by atoms with Gasteiger partial charge in [0.25, 0.3) is 0 Å². The van der Waals surface area contributed by atoms with E-state index in [1.165, 1.54) is 7.11 Å². The van der Waals surface area contributed by atoms with Gasteiger partial charge >= 0.3 is 5.63 Å². The van der Waals surface area contributed by atoms with Gasteiger partial charge in [-0.15, -0.1) is 0 Å². The summed E-state index contributed by atoms with van der Waals surface area (Å²) in [5.41, 5.74) is 0.209. The lowest BCUT2D eigenvalue weighted by Gasteiger charge is -2.11. The summed E-state index contributed by atoms with van der Waals surface area (Å²) < 4.78 is 26.6. The molecule has 0 N–H and O–H groups in total. The van der Waals surface area contributed by atoms with Gasteiger partial charge in [-0.05, 0) is 30.3 Å². The first-order valence-corrected chi connectivity index (χ1v) is 7.53. The SMILES string of the molecule is COc1cc(OC)c2c(=O)oc(-c3ccc(OC)c(OC)c3)cc2c1. The van der Waals surface area contributed by atoms with Crippen LogP contribution in [0.2, 0.25) is 0 Å². The highest BCUT2D eigenvalue weighted by atomic mass is 16.5. The molecular weight excluding hydrogens is 324 g/mol. The molecule has 0 saturated heterocycles. The Hall–Kier alpha value is -3.15. The van der Waals surface area contributed by atoms with Gasteiger partial charge in [0, 0.05) is 17.0 Å². The van der Waals surface area contributed by atoms with Crippen LogP contribution in [0.25, 0.3) is 22.1 Å². The van der Waals surface area contributed by atoms with Crippen molar-refractivity contribution in [3.63, 3.8) is 0 Å². The van der Waals surface area contributed by atoms with Gasteiger partial charge in [-0.3, -0.25) is 0 Å². The van der Waals surface area contributed by atoms with E-state index >= 15 is 0 Å². The number of hydrogen-bond donors (Lipinski definition) is 0. The normalized spacial score (nSPS) is 10.6. The third kappa shape index (κ3) is 2.98. The van der Waals surface area contributed by atoms with Crippen molar-refractivity contribution in [3.8, 4) is 34.3 Å². The maximum atomic E-state index is 12.5. The molecule has 6 heteroatoms. The molecule has 0 unspecified atom stereocenters. The van der Waals surface area contributed by atoms with Crippen molar-refractivity contribution in [2.45, 2.75) is 0 Å². The Balaban J connectivity index is 2.23. The third-order valence-corrected chi connectivity index (χ3v) is 3.92. The maximum Gasteiger partial charge on any atom is 0.347 e. The van der Waals surface area contributed by atoms with E-state index < -0.39 is 5.63 Å². The third-order valence-electron chi connectivity index (χ3n) is 3.92. The molecule has 130 valence electrons. The van der Waals surface area contributed by atoms with Crippen LogP contribution in [0, 0.1) is 0 Å². The highest BCUT2D eigenvalue weighted by Gasteiger charge is 2.14. The topological polar surface area (TPSA) is 67.1 Å². The Bertz CT molecular complexity index is 974. The summed E-state index contributed by atoms with van der Waals surface area (Å²) in [5, 5.41) is 1.03. The zero-order valence-corrected chi connectivity index (χ0v) is 14.4. The van der Waals surface area contributed by atoms with E-state index in [0.29, 0.717) is 45.1 Å². The summed E-state index contributed by atoms with van der Waals surface area (Å²) >= 11 is 0. The molecule has 6 nitrogen and oxygen atoms in total. The summed E-state index contributed by atoms with van der Waals surface area (Å²) in [6.07, 6.45) is 0. The molecule has 0 saturated carbocycles. The van der Waals surface area contributed by atoms with Gasteiger partial charge in [0.05, 0.1) is 28.4 Å². The molecule has 1 aromatic heterocycles. The first kappa shape index (κ1) is 16.7. The van der Waals surface area contributed by atoms with Crippen molar-refractivity contribution in [2.75, 3.05) is 28.4 Å². The molecule has 3 aromatic rings. The standard InChI is InChI=1S/C19H18O6/c1-21-13-7-12-9-15(25-19(20)18(12)17(10-13)24-4)11-5-6-14(22-2)16(8-11)23-3/h5-10H,1-4H3. The number of fused-ring (bicyclic) bond motifs is 1. The molecule has 0 aliphatic rings. The number of ether oxygens (including phenoxy) is 4. The second kappa shape index (κ2) is 6.76. The molecule has 0 atom stereocenters. The molecule has 25 heavy (non-hydrogen) atoms. The molecule has 0 aliphatic heterocycles. The zero-order chi connectivity index (χ0) is 18.0. The summed E-state index contributed by atoms with van der Waals surface area (Å²) in [6, 6.07) is 10.5. The van der Waals surface area contributed by atoms with Gasteiger partial charge in [-0.2, -0.15) is 0 Å². The highest BCUT2D eigenvalue weighted by Crippen LogP contribution is 2.35. The largest absolute Gasteiger partial charge is 0.497 e. The lowest BCUT2D eigenvalue weighted by atomic mass is 10.1. The molecule has 3 rings (SSSR count). The molecule has 0 bridgehead atoms. The van der Waals surface area contributed by atoms with Gasteiger partial charge in [0.1, 0.15) is 22.6 Å². The van der Waals surface area contributed by atoms with Crippen LogP contribution in [0.1, 0.15) is 0 Å². The average Bonchev–Trinajstić information content (AvgIpc) is 2.65. The van der Waals surface area contributed by atoms with Crippen LogP contribution in [0.4, 0.5) is 0 Å². The van der Waals surface area contributed by atoms with E-state index in [0.717, 1.165) is 0 Å². The van der Waals surface area contributed by atoms with E-state index in [-0.39, 0.29) is 0 Å². The smallest absolute Gasteiger partial charge is 0.347 e. The number of rotatable bonds is 5. The van der Waals surface area contributed by atoms with Crippen LogP contribution >= 0.6 is 0 Å². The van der Waals surface area contributed by atoms with Crippen LogP contribution < -0.4 is 24.6 Å². The van der Waals surface area contributed by atoms with Crippen molar-refractivity contribution in [3.05, 3.63) is 46.8 Å². The fourth-order valence-corrected chi connectivity index (χ4v) is 2.68. The molecular formula is C19H18O6. The predicted octanol–water partition coefficient (Wildman–Crippen LogP) is 3.49. The van der Waals surface area contributed by atoms with Crippen LogP contribution in [0.3, 0.4) is 0 Å². The minimum absolute atomic E-state index is 0.368. The minimum Gasteiger partial charge on any atom is -0.497 e. The van der Waals surface area contributed by atoms with E-state index in [4.69, 9.17) is 23.4 Å². The first-order chi connectivity index (χ1) is 12.1. The van der Waals surface area contributed by atoms with E-state index in [9.17, 15) is 4.79 Å². The van der Waals surface area contributed by atoms with Crippen molar-refractivity contribution >= 4 is 10.8 Å². The van der Waals surface area contributed by atoms with Gasteiger partial charge in [0.15, 0.2) is 11.5 Å². The Morgan fingerprint density at radius 3 is 2.12 bits per heavy atom. The van der Waals surface area contributed by atoms with Crippen LogP contribution in [0.15, 0.2) is 45.6 Å². The van der Waals surface area contributed by atoms with E-state index in [2.05, 4.69) is 0 Å². The van der Waals surface area contributed by atoms with Crippen molar-refractivity contribution < 1.29 is 23.4 Å². The average molecular weight is 342 g/mol. The monoisotopic (exact) mass is 342 g/mol.